The second-order valence-electron chi connectivity index (χ2n) is 6.52. The summed E-state index contributed by atoms with van der Waals surface area (Å²) in [5.74, 6) is 1.02. The molecule has 4 N–H and O–H groups in total. The minimum absolute atomic E-state index is 0.124. The Bertz CT molecular complexity index is 733. The van der Waals surface area contributed by atoms with Crippen molar-refractivity contribution < 1.29 is 4.92 Å². The van der Waals surface area contributed by atoms with Crippen LogP contribution in [0.15, 0.2) is 30.6 Å². The minimum atomic E-state index is -0.471. The number of pyridine rings is 1. The standard InChI is InChI=1S/C17H23N7O2/c18-13-6-4-12(5-7-13)9-20-16-15(24(25)26)11-22-17(23-16)21-10-14-3-1-2-8-19-14/h1-3,8,11-13H,4-7,9-10,18H2,(H2,20,21,22,23)/t12-,13-. The molecule has 2 aromatic heterocycles. The van der Waals surface area contributed by atoms with Crippen LogP contribution in [0.2, 0.25) is 0 Å². The molecule has 0 aromatic carbocycles. The minimum Gasteiger partial charge on any atom is -0.364 e. The molecule has 0 atom stereocenters. The fourth-order valence-corrected chi connectivity index (χ4v) is 3.03. The summed E-state index contributed by atoms with van der Waals surface area (Å²) in [5, 5.41) is 17.4. The average Bonchev–Trinajstić information content (AvgIpc) is 2.66. The van der Waals surface area contributed by atoms with E-state index in [-0.39, 0.29) is 17.5 Å². The molecule has 0 radical (unpaired) electrons. The molecule has 1 aliphatic carbocycles. The molecule has 0 bridgehead atoms. The van der Waals surface area contributed by atoms with Gasteiger partial charge in [-0.2, -0.15) is 4.98 Å². The molecule has 0 aliphatic heterocycles. The van der Waals surface area contributed by atoms with Gasteiger partial charge in [0.15, 0.2) is 0 Å². The van der Waals surface area contributed by atoms with Crippen molar-refractivity contribution in [2.45, 2.75) is 38.3 Å². The lowest BCUT2D eigenvalue weighted by Gasteiger charge is -2.26. The van der Waals surface area contributed by atoms with E-state index >= 15 is 0 Å². The molecule has 1 saturated carbocycles. The van der Waals surface area contributed by atoms with E-state index in [0.717, 1.165) is 31.4 Å². The van der Waals surface area contributed by atoms with Crippen molar-refractivity contribution >= 4 is 17.5 Å². The van der Waals surface area contributed by atoms with Crippen molar-refractivity contribution in [1.82, 2.24) is 15.0 Å². The number of rotatable bonds is 7. The Morgan fingerprint density at radius 2 is 2.00 bits per heavy atom. The predicted octanol–water partition coefficient (Wildman–Crippen LogP) is 2.32. The normalized spacial score (nSPS) is 19.7. The first-order chi connectivity index (χ1) is 12.6. The van der Waals surface area contributed by atoms with Crippen LogP contribution in [0.3, 0.4) is 0 Å². The third kappa shape index (κ3) is 4.85. The summed E-state index contributed by atoms with van der Waals surface area (Å²) in [6, 6.07) is 5.89. The lowest BCUT2D eigenvalue weighted by atomic mass is 9.86. The molecule has 3 rings (SSSR count). The fraction of sp³-hybridized carbons (Fsp3) is 0.471. The van der Waals surface area contributed by atoms with Crippen LogP contribution in [-0.4, -0.2) is 32.5 Å². The van der Waals surface area contributed by atoms with Crippen LogP contribution in [0, 0.1) is 16.0 Å². The third-order valence-electron chi connectivity index (χ3n) is 4.57. The Kier molecular flexibility index (Phi) is 5.90. The van der Waals surface area contributed by atoms with Gasteiger partial charge < -0.3 is 16.4 Å². The van der Waals surface area contributed by atoms with Gasteiger partial charge in [-0.3, -0.25) is 15.1 Å². The predicted molar refractivity (Wildman–Crippen MR) is 98.7 cm³/mol. The maximum absolute atomic E-state index is 11.2. The van der Waals surface area contributed by atoms with Crippen molar-refractivity contribution in [1.29, 1.82) is 0 Å². The highest BCUT2D eigenvalue weighted by Gasteiger charge is 2.21. The van der Waals surface area contributed by atoms with Crippen LogP contribution in [0.1, 0.15) is 31.4 Å². The summed E-state index contributed by atoms with van der Waals surface area (Å²) >= 11 is 0. The van der Waals surface area contributed by atoms with Gasteiger partial charge in [-0.05, 0) is 43.7 Å². The third-order valence-corrected chi connectivity index (χ3v) is 4.57. The van der Waals surface area contributed by atoms with Gasteiger partial charge in [-0.25, -0.2) is 4.98 Å². The van der Waals surface area contributed by atoms with E-state index in [4.69, 9.17) is 5.73 Å². The van der Waals surface area contributed by atoms with E-state index < -0.39 is 4.92 Å². The topological polar surface area (TPSA) is 132 Å². The number of hydrogen-bond acceptors (Lipinski definition) is 8. The molecule has 138 valence electrons. The van der Waals surface area contributed by atoms with Crippen molar-refractivity contribution in [3.63, 3.8) is 0 Å². The van der Waals surface area contributed by atoms with Crippen molar-refractivity contribution in [2.75, 3.05) is 17.2 Å². The zero-order valence-corrected chi connectivity index (χ0v) is 14.5. The monoisotopic (exact) mass is 357 g/mol. The van der Waals surface area contributed by atoms with Crippen LogP contribution in [0.25, 0.3) is 0 Å². The van der Waals surface area contributed by atoms with E-state index in [1.165, 1.54) is 6.20 Å². The van der Waals surface area contributed by atoms with Crippen molar-refractivity contribution in [3.8, 4) is 0 Å². The van der Waals surface area contributed by atoms with Crippen LogP contribution in [0.4, 0.5) is 17.5 Å². The van der Waals surface area contributed by atoms with Gasteiger partial charge in [0.2, 0.25) is 11.8 Å². The van der Waals surface area contributed by atoms with Crippen LogP contribution in [0.5, 0.6) is 0 Å². The van der Waals surface area contributed by atoms with Crippen molar-refractivity contribution in [2.24, 2.45) is 11.7 Å². The van der Waals surface area contributed by atoms with Gasteiger partial charge in [-0.15, -0.1) is 0 Å². The molecular formula is C17H23N7O2. The molecule has 0 amide bonds. The highest BCUT2D eigenvalue weighted by molar-refractivity contribution is 5.57. The van der Waals surface area contributed by atoms with Gasteiger partial charge in [0.1, 0.15) is 6.20 Å². The molecule has 9 nitrogen and oxygen atoms in total. The van der Waals surface area contributed by atoms with Gasteiger partial charge >= 0.3 is 5.69 Å². The summed E-state index contributed by atoms with van der Waals surface area (Å²) in [6.07, 6.45) is 6.98. The zero-order chi connectivity index (χ0) is 18.4. The summed E-state index contributed by atoms with van der Waals surface area (Å²) in [4.78, 5) is 23.3. The molecule has 0 saturated heterocycles. The molecule has 2 heterocycles. The Labute approximate surface area is 151 Å². The van der Waals surface area contributed by atoms with E-state index in [2.05, 4.69) is 25.6 Å². The summed E-state index contributed by atoms with van der Waals surface area (Å²) in [5.41, 5.74) is 6.64. The van der Waals surface area contributed by atoms with Crippen LogP contribution >= 0.6 is 0 Å². The van der Waals surface area contributed by atoms with Crippen LogP contribution < -0.4 is 16.4 Å². The first kappa shape index (κ1) is 18.0. The number of nitrogens with one attached hydrogen (secondary N) is 2. The Hall–Kier alpha value is -2.81. The van der Waals surface area contributed by atoms with E-state index in [1.54, 1.807) is 6.20 Å². The lowest BCUT2D eigenvalue weighted by Crippen LogP contribution is -2.29. The first-order valence-electron chi connectivity index (χ1n) is 8.76. The molecular weight excluding hydrogens is 334 g/mol. The summed E-state index contributed by atoms with van der Waals surface area (Å²) in [6.45, 7) is 1.09. The number of aromatic nitrogens is 3. The quantitative estimate of drug-likeness (QED) is 0.508. The highest BCUT2D eigenvalue weighted by Crippen LogP contribution is 2.26. The maximum atomic E-state index is 11.2. The first-order valence-corrected chi connectivity index (χ1v) is 8.76. The van der Waals surface area contributed by atoms with E-state index in [1.807, 2.05) is 18.2 Å². The Balaban J connectivity index is 1.65. The number of hydrogen-bond donors (Lipinski definition) is 3. The van der Waals surface area contributed by atoms with Crippen LogP contribution in [-0.2, 0) is 6.54 Å². The van der Waals surface area contributed by atoms with Gasteiger partial charge in [0.25, 0.3) is 0 Å². The maximum Gasteiger partial charge on any atom is 0.329 e. The SMILES string of the molecule is N[C@H]1CC[C@H](CNc2nc(NCc3ccccn3)ncc2[N+](=O)[O-])CC1. The molecule has 0 spiro atoms. The largest absolute Gasteiger partial charge is 0.364 e. The fourth-order valence-electron chi connectivity index (χ4n) is 3.03. The lowest BCUT2D eigenvalue weighted by molar-refractivity contribution is -0.384. The average molecular weight is 357 g/mol. The second kappa shape index (κ2) is 8.52. The molecule has 1 aliphatic rings. The molecule has 1 fully saturated rings. The number of nitro groups is 1. The van der Waals surface area contributed by atoms with Gasteiger partial charge in [-0.1, -0.05) is 6.07 Å². The zero-order valence-electron chi connectivity index (χ0n) is 14.5. The smallest absolute Gasteiger partial charge is 0.329 e. The summed E-state index contributed by atoms with van der Waals surface area (Å²) in [7, 11) is 0. The van der Waals surface area contributed by atoms with E-state index in [0.29, 0.717) is 25.0 Å². The highest BCUT2D eigenvalue weighted by atomic mass is 16.6. The molecule has 9 heteroatoms. The van der Waals surface area contributed by atoms with Gasteiger partial charge in [0, 0.05) is 18.8 Å². The number of nitrogens with two attached hydrogens (primary N) is 1. The number of nitrogens with zero attached hydrogens (tertiary/aromatic N) is 4. The van der Waals surface area contributed by atoms with E-state index in [9.17, 15) is 10.1 Å². The van der Waals surface area contributed by atoms with Gasteiger partial charge in [0.05, 0.1) is 17.2 Å². The summed E-state index contributed by atoms with van der Waals surface area (Å²) < 4.78 is 0. The molecule has 0 unspecified atom stereocenters. The number of anilines is 2. The Morgan fingerprint density at radius 1 is 1.19 bits per heavy atom. The Morgan fingerprint density at radius 3 is 2.69 bits per heavy atom. The van der Waals surface area contributed by atoms with Crippen molar-refractivity contribution in [3.05, 3.63) is 46.4 Å². The second-order valence-corrected chi connectivity index (χ2v) is 6.52. The molecule has 26 heavy (non-hydrogen) atoms. The molecule has 2 aromatic rings.